The van der Waals surface area contributed by atoms with E-state index in [-0.39, 0.29) is 6.54 Å². The molecule has 1 aromatic carbocycles. The number of fused-ring (bicyclic) bond motifs is 1. The van der Waals surface area contributed by atoms with E-state index in [0.29, 0.717) is 11.9 Å². The minimum Gasteiger partial charge on any atom is -0.383 e. The van der Waals surface area contributed by atoms with Gasteiger partial charge in [0, 0.05) is 30.9 Å². The number of hydrogen-bond donors (Lipinski definition) is 2. The molecule has 0 amide bonds. The van der Waals surface area contributed by atoms with Gasteiger partial charge in [-0.1, -0.05) is 18.2 Å². The summed E-state index contributed by atoms with van der Waals surface area (Å²) < 4.78 is 27.7. The van der Waals surface area contributed by atoms with Crippen molar-refractivity contribution in [2.75, 3.05) is 31.6 Å². The smallest absolute Gasteiger partial charge is 0.209 e. The molecular formula is C22H28N6O2S. The van der Waals surface area contributed by atoms with Crippen LogP contribution in [0.1, 0.15) is 30.9 Å². The number of benzene rings is 1. The molecule has 8 nitrogen and oxygen atoms in total. The van der Waals surface area contributed by atoms with Crippen molar-refractivity contribution in [1.29, 1.82) is 0 Å². The number of likely N-dealkylation sites (tertiary alicyclic amines) is 1. The minimum atomic E-state index is -3.25. The van der Waals surface area contributed by atoms with Crippen LogP contribution in [-0.2, 0) is 16.6 Å². The van der Waals surface area contributed by atoms with E-state index in [2.05, 4.69) is 30.4 Å². The zero-order chi connectivity index (χ0) is 21.6. The molecule has 0 atom stereocenters. The number of nitrogen functional groups attached to an aromatic ring is 1. The highest BCUT2D eigenvalue weighted by atomic mass is 32.2. The second-order valence-electron chi connectivity index (χ2n) is 8.85. The predicted octanol–water partition coefficient (Wildman–Crippen LogP) is 2.39. The summed E-state index contributed by atoms with van der Waals surface area (Å²) in [4.78, 5) is 11.3. The van der Waals surface area contributed by atoms with Crippen molar-refractivity contribution in [2.45, 2.75) is 31.8 Å². The third kappa shape index (κ3) is 4.17. The number of nitrogens with zero attached hydrogens (tertiary/aromatic N) is 4. The minimum absolute atomic E-state index is 0.248. The lowest BCUT2D eigenvalue weighted by Crippen LogP contribution is -2.43. The zero-order valence-electron chi connectivity index (χ0n) is 17.7. The molecule has 9 heteroatoms. The van der Waals surface area contributed by atoms with E-state index in [1.807, 2.05) is 24.3 Å². The lowest BCUT2D eigenvalue weighted by Gasteiger charge is -2.42. The summed E-state index contributed by atoms with van der Waals surface area (Å²) >= 11 is 0. The molecule has 5 rings (SSSR count). The van der Waals surface area contributed by atoms with Gasteiger partial charge in [0.15, 0.2) is 0 Å². The Kier molecular flexibility index (Phi) is 5.19. The average molecular weight is 441 g/mol. The van der Waals surface area contributed by atoms with Gasteiger partial charge >= 0.3 is 0 Å². The number of aromatic nitrogens is 3. The standard InChI is InChI=1S/C22H28N6O2S/c1-31(29,30)26-11-15-4-2-5-17(8-15)19-13-28(22-20(19)21(23)24-14-25-22)18-9-16(10-18)12-27-6-3-7-27/h2,4-5,8,13-14,16,18,26H,3,6-7,9-12H2,1H3,(H2,23,24,25). The van der Waals surface area contributed by atoms with E-state index < -0.39 is 10.0 Å². The number of hydrogen-bond acceptors (Lipinski definition) is 6. The van der Waals surface area contributed by atoms with Crippen molar-refractivity contribution in [3.8, 4) is 11.1 Å². The van der Waals surface area contributed by atoms with Crippen molar-refractivity contribution in [1.82, 2.24) is 24.2 Å². The molecule has 3 aromatic rings. The lowest BCUT2D eigenvalue weighted by molar-refractivity contribution is 0.0921. The largest absolute Gasteiger partial charge is 0.383 e. The Morgan fingerprint density at radius 3 is 2.74 bits per heavy atom. The first kappa shape index (κ1) is 20.4. The number of nitrogens with two attached hydrogens (primary N) is 1. The zero-order valence-corrected chi connectivity index (χ0v) is 18.5. The van der Waals surface area contributed by atoms with Gasteiger partial charge in [-0.15, -0.1) is 0 Å². The number of sulfonamides is 1. The Bertz CT molecular complexity index is 1210. The van der Waals surface area contributed by atoms with Crippen LogP contribution in [0.3, 0.4) is 0 Å². The van der Waals surface area contributed by atoms with Gasteiger partial charge in [-0.2, -0.15) is 0 Å². The van der Waals surface area contributed by atoms with Gasteiger partial charge in [0.1, 0.15) is 17.8 Å². The molecule has 164 valence electrons. The number of anilines is 1. The van der Waals surface area contributed by atoms with E-state index in [1.165, 1.54) is 32.4 Å². The number of nitrogens with one attached hydrogen (secondary N) is 1. The van der Waals surface area contributed by atoms with Gasteiger partial charge in [0.05, 0.1) is 11.6 Å². The maximum absolute atomic E-state index is 11.5. The quantitative estimate of drug-likeness (QED) is 0.584. The normalized spacial score (nSPS) is 21.7. The number of rotatable bonds is 7. The molecule has 2 aromatic heterocycles. The van der Waals surface area contributed by atoms with E-state index >= 15 is 0 Å². The fraction of sp³-hybridized carbons (Fsp3) is 0.455. The Hall–Kier alpha value is -2.49. The predicted molar refractivity (Wildman–Crippen MR) is 122 cm³/mol. The first-order chi connectivity index (χ1) is 14.9. The second-order valence-corrected chi connectivity index (χ2v) is 10.7. The van der Waals surface area contributed by atoms with Crippen LogP contribution in [0.5, 0.6) is 0 Å². The summed E-state index contributed by atoms with van der Waals surface area (Å²) in [7, 11) is -3.25. The molecule has 2 fully saturated rings. The van der Waals surface area contributed by atoms with Crippen molar-refractivity contribution in [3.05, 3.63) is 42.4 Å². The van der Waals surface area contributed by atoms with Crippen LogP contribution in [0.15, 0.2) is 36.8 Å². The summed E-state index contributed by atoms with van der Waals surface area (Å²) in [5.41, 5.74) is 10.0. The molecule has 0 radical (unpaired) electrons. The highest BCUT2D eigenvalue weighted by molar-refractivity contribution is 7.88. The highest BCUT2D eigenvalue weighted by Gasteiger charge is 2.34. The van der Waals surface area contributed by atoms with Crippen LogP contribution in [0, 0.1) is 5.92 Å². The molecular weight excluding hydrogens is 412 g/mol. The van der Waals surface area contributed by atoms with Gasteiger partial charge in [-0.3, -0.25) is 0 Å². The fourth-order valence-electron chi connectivity index (χ4n) is 4.67. The topological polar surface area (TPSA) is 106 Å². The lowest BCUT2D eigenvalue weighted by atomic mass is 9.79. The SMILES string of the molecule is CS(=O)(=O)NCc1cccc(-c2cn(C3CC(CN4CCC4)C3)c3ncnc(N)c23)c1. The highest BCUT2D eigenvalue weighted by Crippen LogP contribution is 2.43. The maximum atomic E-state index is 11.5. The Labute approximate surface area is 182 Å². The summed E-state index contributed by atoms with van der Waals surface area (Å²) in [6, 6.07) is 8.28. The molecule has 2 aliphatic rings. The summed E-state index contributed by atoms with van der Waals surface area (Å²) in [5.74, 6) is 1.21. The van der Waals surface area contributed by atoms with Gasteiger partial charge < -0.3 is 15.2 Å². The molecule has 31 heavy (non-hydrogen) atoms. The van der Waals surface area contributed by atoms with E-state index in [1.54, 1.807) is 0 Å². The third-order valence-electron chi connectivity index (χ3n) is 6.48. The summed E-state index contributed by atoms with van der Waals surface area (Å²) in [6.07, 6.45) is 8.47. The van der Waals surface area contributed by atoms with Crippen LogP contribution < -0.4 is 10.5 Å². The van der Waals surface area contributed by atoms with Gasteiger partial charge in [0.25, 0.3) is 0 Å². The molecule has 3 N–H and O–H groups in total. The average Bonchev–Trinajstić information content (AvgIpc) is 3.04. The Morgan fingerprint density at radius 2 is 2.03 bits per heavy atom. The van der Waals surface area contributed by atoms with E-state index in [9.17, 15) is 8.42 Å². The van der Waals surface area contributed by atoms with Gasteiger partial charge in [-0.05, 0) is 55.5 Å². The van der Waals surface area contributed by atoms with Crippen molar-refractivity contribution in [3.63, 3.8) is 0 Å². The van der Waals surface area contributed by atoms with Crippen LogP contribution in [-0.4, -0.2) is 53.7 Å². The molecule has 0 unspecified atom stereocenters. The Morgan fingerprint density at radius 1 is 1.23 bits per heavy atom. The van der Waals surface area contributed by atoms with Crippen molar-refractivity contribution >= 4 is 26.9 Å². The van der Waals surface area contributed by atoms with E-state index in [0.717, 1.165) is 52.7 Å². The van der Waals surface area contributed by atoms with Crippen molar-refractivity contribution < 1.29 is 8.42 Å². The first-order valence-corrected chi connectivity index (χ1v) is 12.6. The molecule has 1 saturated carbocycles. The van der Waals surface area contributed by atoms with Gasteiger partial charge in [-0.25, -0.2) is 23.1 Å². The molecule has 1 aliphatic heterocycles. The van der Waals surface area contributed by atoms with Gasteiger partial charge in [0.2, 0.25) is 10.0 Å². The first-order valence-electron chi connectivity index (χ1n) is 10.7. The van der Waals surface area contributed by atoms with Crippen LogP contribution in [0.2, 0.25) is 0 Å². The fourth-order valence-corrected chi connectivity index (χ4v) is 5.10. The molecule has 1 aliphatic carbocycles. The monoisotopic (exact) mass is 440 g/mol. The summed E-state index contributed by atoms with van der Waals surface area (Å²) in [5, 5.41) is 0.863. The second kappa shape index (κ2) is 7.89. The molecule has 1 saturated heterocycles. The van der Waals surface area contributed by atoms with E-state index in [4.69, 9.17) is 5.73 Å². The third-order valence-corrected chi connectivity index (χ3v) is 7.15. The van der Waals surface area contributed by atoms with Crippen molar-refractivity contribution in [2.24, 2.45) is 5.92 Å². The summed E-state index contributed by atoms with van der Waals surface area (Å²) in [6.45, 7) is 3.94. The van der Waals surface area contributed by atoms with Crippen LogP contribution in [0.25, 0.3) is 22.2 Å². The molecule has 3 heterocycles. The molecule has 0 bridgehead atoms. The molecule has 0 spiro atoms. The van der Waals surface area contributed by atoms with Crippen LogP contribution in [0.4, 0.5) is 5.82 Å². The Balaban J connectivity index is 1.44. The van der Waals surface area contributed by atoms with Crippen LogP contribution >= 0.6 is 0 Å². The maximum Gasteiger partial charge on any atom is 0.209 e.